The summed E-state index contributed by atoms with van der Waals surface area (Å²) in [6.45, 7) is 9.88. The fraction of sp³-hybridized carbons (Fsp3) is 0.529. The van der Waals surface area contributed by atoms with Crippen LogP contribution in [-0.4, -0.2) is 32.6 Å². The number of rotatable bonds is 6. The van der Waals surface area contributed by atoms with Gasteiger partial charge in [-0.2, -0.15) is 6.42 Å². The summed E-state index contributed by atoms with van der Waals surface area (Å²) in [6.07, 6.45) is 6.59. The normalized spacial score (nSPS) is 11.1. The van der Waals surface area contributed by atoms with Crippen molar-refractivity contribution >= 4 is 17.6 Å². The molecule has 0 unspecified atom stereocenters. The number of ether oxygens (including phenoxy) is 1. The van der Waals surface area contributed by atoms with Crippen molar-refractivity contribution in [1.82, 2.24) is 4.98 Å². The van der Waals surface area contributed by atoms with Crippen LogP contribution in [0.25, 0.3) is 0 Å². The van der Waals surface area contributed by atoms with E-state index < -0.39 is 10.9 Å². The fourth-order valence-corrected chi connectivity index (χ4v) is 1.40. The average Bonchev–Trinajstić information content (AvgIpc) is 2.51. The Morgan fingerprint density at radius 2 is 2.04 bits per heavy atom. The van der Waals surface area contributed by atoms with Crippen molar-refractivity contribution in [3.63, 3.8) is 0 Å². The fourth-order valence-electron chi connectivity index (χ4n) is 1.40. The minimum absolute atomic E-state index is 0. The van der Waals surface area contributed by atoms with E-state index in [4.69, 9.17) is 9.84 Å². The Balaban J connectivity index is 0. The maximum Gasteiger partial charge on any atom is 0.249 e. The summed E-state index contributed by atoms with van der Waals surface area (Å²) < 4.78 is 5.14. The topological polar surface area (TPSA) is 120 Å². The first-order valence-corrected chi connectivity index (χ1v) is 7.77. The number of carboxylic acid groups (broad SMARTS) is 1. The molecule has 1 atom stereocenters. The van der Waals surface area contributed by atoms with Gasteiger partial charge in [0.1, 0.15) is 5.60 Å². The van der Waals surface area contributed by atoms with Gasteiger partial charge in [0, 0.05) is 33.5 Å². The summed E-state index contributed by atoms with van der Waals surface area (Å²) in [5.41, 5.74) is -1.04. The molecule has 0 bridgehead atoms. The molecule has 0 fully saturated rings. The van der Waals surface area contributed by atoms with E-state index in [2.05, 4.69) is 25.0 Å². The van der Waals surface area contributed by atoms with E-state index in [-0.39, 0.29) is 45.2 Å². The molecule has 0 saturated heterocycles. The third-order valence-electron chi connectivity index (χ3n) is 2.91. The van der Waals surface area contributed by atoms with E-state index in [0.717, 1.165) is 25.1 Å². The Kier molecular flexibility index (Phi) is 12.6. The molecule has 1 aromatic rings. The van der Waals surface area contributed by atoms with Crippen LogP contribution >= 0.6 is 0 Å². The van der Waals surface area contributed by atoms with Crippen LogP contribution in [-0.2, 0) is 31.9 Å². The third-order valence-corrected chi connectivity index (χ3v) is 2.91. The third kappa shape index (κ3) is 12.5. The zero-order valence-corrected chi connectivity index (χ0v) is 17.6. The average molecular weight is 549 g/mol. The van der Waals surface area contributed by atoms with Gasteiger partial charge in [-0.1, -0.05) is 32.3 Å². The van der Waals surface area contributed by atoms with Crippen molar-refractivity contribution in [3.8, 4) is 0 Å². The van der Waals surface area contributed by atoms with Crippen molar-refractivity contribution in [2.24, 2.45) is 5.92 Å². The Hall–Kier alpha value is -1.90. The van der Waals surface area contributed by atoms with Gasteiger partial charge < -0.3 is 19.6 Å². The molecule has 0 aliphatic heterocycles. The second-order valence-corrected chi connectivity index (χ2v) is 6.40. The smallest absolute Gasteiger partial charge is 0.249 e. The van der Waals surface area contributed by atoms with Gasteiger partial charge in [0.05, 0.1) is 0 Å². The quantitative estimate of drug-likeness (QED) is 0.190. The van der Waals surface area contributed by atoms with E-state index in [1.54, 1.807) is 6.42 Å². The van der Waals surface area contributed by atoms with E-state index in [9.17, 15) is 19.7 Å². The molecule has 0 aromatic carbocycles. The number of aromatic carboxylic acids is 1. The Morgan fingerprint density at radius 1 is 1.46 bits per heavy atom. The number of aromatic nitrogens is 1. The van der Waals surface area contributed by atoms with Crippen molar-refractivity contribution in [3.05, 3.63) is 40.6 Å². The summed E-state index contributed by atoms with van der Waals surface area (Å²) in [7, 11) is 0. The van der Waals surface area contributed by atoms with Crippen LogP contribution in [0.2, 0.25) is 0 Å². The van der Waals surface area contributed by atoms with Gasteiger partial charge in [-0.05, 0) is 32.5 Å². The summed E-state index contributed by atoms with van der Waals surface area (Å²) >= 11 is 0. The summed E-state index contributed by atoms with van der Waals surface area (Å²) in [5.74, 6) is -0.925. The molecule has 0 amide bonds. The van der Waals surface area contributed by atoms with Crippen LogP contribution in [0.3, 0.4) is 0 Å². The Labute approximate surface area is 169 Å². The number of carboxylic acids is 1. The molecule has 0 aliphatic rings. The molecule has 0 aliphatic carbocycles. The molecule has 151 valence electrons. The largest absolute Gasteiger partial charge is 0.521 e. The van der Waals surface area contributed by atoms with Crippen molar-refractivity contribution in [1.29, 1.82) is 0 Å². The Morgan fingerprint density at radius 3 is 2.46 bits per heavy atom. The van der Waals surface area contributed by atoms with Crippen molar-refractivity contribution < 1.29 is 46.7 Å². The Bertz CT molecular complexity index is 572. The first-order chi connectivity index (χ1) is 11.5. The van der Waals surface area contributed by atoms with Crippen molar-refractivity contribution in [2.75, 3.05) is 0 Å². The van der Waals surface area contributed by atoms with Crippen LogP contribution < -0.4 is 0 Å². The molecular weight excluding hydrogens is 525 g/mol. The van der Waals surface area contributed by atoms with Crippen LogP contribution in [0.15, 0.2) is 12.3 Å². The van der Waals surface area contributed by atoms with Crippen LogP contribution in [0.5, 0.6) is 0 Å². The zero-order chi connectivity index (χ0) is 19.6. The molecular formula is C17H24AuN2O6-2. The van der Waals surface area contributed by atoms with Crippen molar-refractivity contribution in [2.45, 2.75) is 53.1 Å². The first kappa shape index (κ1) is 26.3. The minimum atomic E-state index is -1.29. The number of hydrogen-bond donors (Lipinski definition) is 1. The van der Waals surface area contributed by atoms with Gasteiger partial charge in [0.2, 0.25) is 11.7 Å². The molecule has 9 heteroatoms. The molecule has 1 rings (SSSR count). The molecule has 0 saturated carbocycles. The molecule has 26 heavy (non-hydrogen) atoms. The van der Waals surface area contributed by atoms with Gasteiger partial charge >= 0.3 is 0 Å². The maximum atomic E-state index is 11.2. The van der Waals surface area contributed by atoms with Crippen LogP contribution in [0.1, 0.15) is 57.8 Å². The number of nitrogens with zero attached hydrogens (tertiary/aromatic N) is 2. The van der Waals surface area contributed by atoms with Gasteiger partial charge in [0.15, 0.2) is 5.97 Å². The van der Waals surface area contributed by atoms with Gasteiger partial charge in [-0.25, -0.2) is 0 Å². The first-order valence-electron chi connectivity index (χ1n) is 7.77. The molecule has 1 aromatic heterocycles. The standard InChI is InChI=1S/C11H21O2.C6H3N2O4.Au/c1-6-9(2)7-8-10(12)13-11(3,4)5;9-6(10)4-1-5(8(11)12)3-7-2-4;/h8-9H,6-7H2,1-5H3;1,3H,(H,9,10);/q2*-1;/t9-;;/m0../s1. The predicted octanol–water partition coefficient (Wildman–Crippen LogP) is 3.45. The number of esters is 1. The van der Waals surface area contributed by atoms with E-state index >= 15 is 0 Å². The van der Waals surface area contributed by atoms with E-state index in [1.165, 1.54) is 0 Å². The molecule has 1 heterocycles. The molecule has 1 N–H and O–H groups in total. The summed E-state index contributed by atoms with van der Waals surface area (Å²) in [6, 6.07) is 0.898. The van der Waals surface area contributed by atoms with E-state index in [1.807, 2.05) is 20.8 Å². The number of nitro groups is 1. The minimum Gasteiger partial charge on any atom is -0.521 e. The summed E-state index contributed by atoms with van der Waals surface area (Å²) in [5, 5.41) is 18.5. The number of hydrogen-bond acceptors (Lipinski definition) is 6. The number of carbonyl (C=O) groups excluding carboxylic acids is 1. The number of pyridine rings is 1. The monoisotopic (exact) mass is 549 g/mol. The predicted molar refractivity (Wildman–Crippen MR) is 90.9 cm³/mol. The van der Waals surface area contributed by atoms with Gasteiger partial charge in [-0.3, -0.25) is 21.3 Å². The van der Waals surface area contributed by atoms with Crippen LogP contribution in [0, 0.1) is 28.6 Å². The number of carbonyl (C=O) groups is 2. The second kappa shape index (κ2) is 12.5. The summed E-state index contributed by atoms with van der Waals surface area (Å²) in [4.78, 5) is 34.2. The zero-order valence-electron chi connectivity index (χ0n) is 15.4. The second-order valence-electron chi connectivity index (χ2n) is 6.40. The molecule has 1 radical (unpaired) electrons. The van der Waals surface area contributed by atoms with Crippen LogP contribution in [0.4, 0.5) is 5.69 Å². The molecule has 0 spiro atoms. The van der Waals surface area contributed by atoms with Gasteiger partial charge in [0.25, 0.3) is 0 Å². The van der Waals surface area contributed by atoms with E-state index in [0.29, 0.717) is 5.92 Å². The SMILES string of the molecule is CC[C@H](C)C[CH-]C(=O)OC(C)(C)C.O=C(O)c1[c-]ncc([N+](=O)[O-])c1.[Au]. The molecule has 8 nitrogen and oxygen atoms in total. The van der Waals surface area contributed by atoms with Gasteiger partial charge in [-0.15, -0.1) is 0 Å². The maximum absolute atomic E-state index is 11.2.